The van der Waals surface area contributed by atoms with E-state index in [1.165, 1.54) is 6.07 Å². The third-order valence-electron chi connectivity index (χ3n) is 2.37. The second kappa shape index (κ2) is 5.89. The topological polar surface area (TPSA) is 56.8 Å². The van der Waals surface area contributed by atoms with E-state index >= 15 is 0 Å². The summed E-state index contributed by atoms with van der Waals surface area (Å²) in [4.78, 5) is 11.2. The first kappa shape index (κ1) is 14.3. The van der Waals surface area contributed by atoms with Crippen molar-refractivity contribution in [3.63, 3.8) is 0 Å². The van der Waals surface area contributed by atoms with Crippen molar-refractivity contribution in [2.75, 3.05) is 26.4 Å². The number of alkyl halides is 3. The van der Waals surface area contributed by atoms with Crippen LogP contribution in [-0.2, 0) is 4.79 Å². The molecular weight excluding hydrogens is 279 g/mol. The predicted octanol–water partition coefficient (Wildman–Crippen LogP) is 1.52. The van der Waals surface area contributed by atoms with Gasteiger partial charge in [0.05, 0.1) is 0 Å². The molecule has 20 heavy (non-hydrogen) atoms. The van der Waals surface area contributed by atoms with Crippen LogP contribution in [0.3, 0.4) is 0 Å². The summed E-state index contributed by atoms with van der Waals surface area (Å²) in [5, 5.41) is 1.71. The monoisotopic (exact) mass is 291 g/mol. The van der Waals surface area contributed by atoms with Crippen molar-refractivity contribution >= 4 is 5.91 Å². The molecule has 0 saturated carbocycles. The third-order valence-corrected chi connectivity index (χ3v) is 2.37. The number of amides is 1. The van der Waals surface area contributed by atoms with E-state index in [4.69, 9.17) is 14.2 Å². The molecule has 0 radical (unpaired) electrons. The van der Waals surface area contributed by atoms with E-state index < -0.39 is 25.2 Å². The fraction of sp³-hybridized carbons (Fsp3) is 0.417. The van der Waals surface area contributed by atoms with Crippen molar-refractivity contribution in [2.24, 2.45) is 0 Å². The fourth-order valence-corrected chi connectivity index (χ4v) is 1.51. The first-order valence-electron chi connectivity index (χ1n) is 5.80. The minimum atomic E-state index is -4.44. The number of nitrogens with one attached hydrogen (secondary N) is 1. The van der Waals surface area contributed by atoms with Gasteiger partial charge in [-0.3, -0.25) is 4.79 Å². The number of ether oxygens (including phenoxy) is 3. The molecule has 0 aromatic heterocycles. The average Bonchev–Trinajstić information content (AvgIpc) is 2.42. The molecule has 1 aromatic rings. The lowest BCUT2D eigenvalue weighted by atomic mass is 10.3. The number of benzene rings is 1. The zero-order valence-electron chi connectivity index (χ0n) is 10.3. The molecule has 1 amide bonds. The molecule has 0 saturated heterocycles. The zero-order chi connectivity index (χ0) is 14.6. The third kappa shape index (κ3) is 4.22. The minimum absolute atomic E-state index is 0.316. The van der Waals surface area contributed by atoms with Gasteiger partial charge in [0.2, 0.25) is 0 Å². The highest BCUT2D eigenvalue weighted by Gasteiger charge is 2.27. The molecule has 0 fully saturated rings. The van der Waals surface area contributed by atoms with Crippen LogP contribution in [0.5, 0.6) is 17.2 Å². The van der Waals surface area contributed by atoms with Crippen molar-refractivity contribution in [1.82, 2.24) is 5.32 Å². The molecule has 2 rings (SSSR count). The molecular formula is C12H12F3NO4. The second-order valence-electron chi connectivity index (χ2n) is 3.99. The summed E-state index contributed by atoms with van der Waals surface area (Å²) in [6, 6.07) is 4.67. The quantitative estimate of drug-likeness (QED) is 0.913. The van der Waals surface area contributed by atoms with Gasteiger partial charge < -0.3 is 19.5 Å². The number of carbonyl (C=O) groups is 1. The van der Waals surface area contributed by atoms with Crippen molar-refractivity contribution in [2.45, 2.75) is 6.18 Å². The molecule has 0 spiro atoms. The summed E-state index contributed by atoms with van der Waals surface area (Å²) in [6.45, 7) is -1.03. The van der Waals surface area contributed by atoms with E-state index in [0.29, 0.717) is 30.5 Å². The van der Waals surface area contributed by atoms with Gasteiger partial charge >= 0.3 is 6.18 Å². The minimum Gasteiger partial charge on any atom is -0.486 e. The lowest BCUT2D eigenvalue weighted by molar-refractivity contribution is -0.139. The van der Waals surface area contributed by atoms with E-state index in [1.807, 2.05) is 0 Å². The van der Waals surface area contributed by atoms with Gasteiger partial charge in [-0.05, 0) is 12.1 Å². The Morgan fingerprint density at radius 3 is 2.65 bits per heavy atom. The standard InChI is InChI=1S/C12H12F3NO4/c13-12(14,15)7-16-11(17)6-20-8-1-2-9-10(5-8)19-4-3-18-9/h1-2,5H,3-4,6-7H2,(H,16,17). The molecule has 8 heteroatoms. The molecule has 1 aromatic carbocycles. The molecule has 5 nitrogen and oxygen atoms in total. The van der Waals surface area contributed by atoms with Gasteiger partial charge in [-0.15, -0.1) is 0 Å². The normalized spacial score (nSPS) is 13.8. The Morgan fingerprint density at radius 2 is 1.95 bits per heavy atom. The SMILES string of the molecule is O=C(COc1ccc2c(c1)OCCO2)NCC(F)(F)F. The molecule has 1 heterocycles. The Labute approximate surface area is 112 Å². The van der Waals surface area contributed by atoms with Gasteiger partial charge in [0, 0.05) is 6.07 Å². The fourth-order valence-electron chi connectivity index (χ4n) is 1.51. The Morgan fingerprint density at radius 1 is 1.25 bits per heavy atom. The number of halogens is 3. The van der Waals surface area contributed by atoms with Gasteiger partial charge in [0.1, 0.15) is 25.5 Å². The van der Waals surface area contributed by atoms with E-state index in [1.54, 1.807) is 17.4 Å². The van der Waals surface area contributed by atoms with Crippen LogP contribution < -0.4 is 19.5 Å². The van der Waals surface area contributed by atoms with Crippen LogP contribution in [0, 0.1) is 0 Å². The number of carbonyl (C=O) groups excluding carboxylic acids is 1. The Bertz CT molecular complexity index is 490. The summed E-state index contributed by atoms with van der Waals surface area (Å²) in [5.41, 5.74) is 0. The molecule has 110 valence electrons. The van der Waals surface area contributed by atoms with Crippen LogP contribution in [-0.4, -0.2) is 38.4 Å². The maximum Gasteiger partial charge on any atom is 0.405 e. The summed E-state index contributed by atoms with van der Waals surface area (Å²) >= 11 is 0. The van der Waals surface area contributed by atoms with Crippen LogP contribution in [0.2, 0.25) is 0 Å². The van der Waals surface area contributed by atoms with Crippen molar-refractivity contribution in [1.29, 1.82) is 0 Å². The van der Waals surface area contributed by atoms with E-state index in [-0.39, 0.29) is 0 Å². The molecule has 1 N–H and O–H groups in total. The van der Waals surface area contributed by atoms with E-state index in [0.717, 1.165) is 0 Å². The smallest absolute Gasteiger partial charge is 0.405 e. The molecule has 0 unspecified atom stereocenters. The summed E-state index contributed by atoms with van der Waals surface area (Å²) in [7, 11) is 0. The maximum absolute atomic E-state index is 11.9. The largest absolute Gasteiger partial charge is 0.486 e. The second-order valence-corrected chi connectivity index (χ2v) is 3.99. The van der Waals surface area contributed by atoms with Crippen LogP contribution in [0.4, 0.5) is 13.2 Å². The average molecular weight is 291 g/mol. The predicted molar refractivity (Wildman–Crippen MR) is 62.0 cm³/mol. The number of rotatable bonds is 4. The first-order chi connectivity index (χ1) is 9.44. The van der Waals surface area contributed by atoms with Gasteiger partial charge in [-0.25, -0.2) is 0 Å². The Hall–Kier alpha value is -2.12. The van der Waals surface area contributed by atoms with E-state index in [2.05, 4.69) is 0 Å². The van der Waals surface area contributed by atoms with Gasteiger partial charge in [0.25, 0.3) is 5.91 Å². The Balaban J connectivity index is 1.83. The molecule has 1 aliphatic heterocycles. The van der Waals surface area contributed by atoms with Gasteiger partial charge in [-0.2, -0.15) is 13.2 Å². The maximum atomic E-state index is 11.9. The van der Waals surface area contributed by atoms with Gasteiger partial charge in [-0.1, -0.05) is 0 Å². The van der Waals surface area contributed by atoms with Crippen LogP contribution >= 0.6 is 0 Å². The van der Waals surface area contributed by atoms with Crippen LogP contribution in [0.1, 0.15) is 0 Å². The van der Waals surface area contributed by atoms with Crippen LogP contribution in [0.25, 0.3) is 0 Å². The van der Waals surface area contributed by atoms with Crippen LogP contribution in [0.15, 0.2) is 18.2 Å². The van der Waals surface area contributed by atoms with Crippen molar-refractivity contribution < 1.29 is 32.2 Å². The van der Waals surface area contributed by atoms with Crippen molar-refractivity contribution in [3.8, 4) is 17.2 Å². The van der Waals surface area contributed by atoms with Gasteiger partial charge in [0.15, 0.2) is 18.1 Å². The highest BCUT2D eigenvalue weighted by Crippen LogP contribution is 2.33. The summed E-state index contributed by atoms with van der Waals surface area (Å²) < 4.78 is 51.3. The molecule has 1 aliphatic rings. The number of fused-ring (bicyclic) bond motifs is 1. The highest BCUT2D eigenvalue weighted by molar-refractivity contribution is 5.77. The lowest BCUT2D eigenvalue weighted by Gasteiger charge is -2.18. The molecule has 0 atom stereocenters. The first-order valence-corrected chi connectivity index (χ1v) is 5.80. The zero-order valence-corrected chi connectivity index (χ0v) is 10.3. The summed E-state index contributed by atoms with van der Waals surface area (Å²) in [6.07, 6.45) is -4.44. The van der Waals surface area contributed by atoms with E-state index in [9.17, 15) is 18.0 Å². The Kier molecular flexibility index (Phi) is 4.21. The summed E-state index contributed by atoms with van der Waals surface area (Å²) in [5.74, 6) is 0.503. The molecule has 0 bridgehead atoms. The number of hydrogen-bond acceptors (Lipinski definition) is 4. The molecule has 0 aliphatic carbocycles. The number of hydrogen-bond donors (Lipinski definition) is 1. The lowest BCUT2D eigenvalue weighted by Crippen LogP contribution is -2.36. The van der Waals surface area contributed by atoms with Crippen molar-refractivity contribution in [3.05, 3.63) is 18.2 Å². The highest BCUT2D eigenvalue weighted by atomic mass is 19.4.